The van der Waals surface area contributed by atoms with Crippen molar-refractivity contribution in [2.75, 3.05) is 31.3 Å². The van der Waals surface area contributed by atoms with Crippen molar-refractivity contribution in [3.05, 3.63) is 126 Å². The normalized spacial score (nSPS) is 13.9. The summed E-state index contributed by atoms with van der Waals surface area (Å²) in [7, 11) is -2.71. The van der Waals surface area contributed by atoms with E-state index in [-0.39, 0.29) is 23.8 Å². The van der Waals surface area contributed by atoms with E-state index in [0.29, 0.717) is 30.6 Å². The Morgan fingerprint density at radius 2 is 1.65 bits per heavy atom. The lowest BCUT2D eigenvalue weighted by molar-refractivity contribution is -0.118. The van der Waals surface area contributed by atoms with E-state index >= 15 is 0 Å². The molecule has 0 bridgehead atoms. The smallest absolute Gasteiger partial charge is 0.407 e. The molecule has 274 valence electrons. The van der Waals surface area contributed by atoms with E-state index in [1.807, 2.05) is 75.4 Å². The van der Waals surface area contributed by atoms with Gasteiger partial charge >= 0.3 is 6.09 Å². The number of aryl methyl sites for hydroxylation is 1. The second kappa shape index (κ2) is 20.2. The van der Waals surface area contributed by atoms with E-state index in [1.165, 1.54) is 23.5 Å². The van der Waals surface area contributed by atoms with Crippen molar-refractivity contribution >= 4 is 33.4 Å². The summed E-state index contributed by atoms with van der Waals surface area (Å²) in [6.45, 7) is 9.59. The topological polar surface area (TPSA) is 151 Å². The number of nitrogens with one attached hydrogen (secondary N) is 2. The fourth-order valence-corrected chi connectivity index (χ4v) is 7.51. The molecule has 0 aromatic heterocycles. The van der Waals surface area contributed by atoms with Crippen LogP contribution in [-0.4, -0.2) is 62.2 Å². The number of nitrogens with zero attached hydrogens (tertiary/aromatic N) is 1. The van der Waals surface area contributed by atoms with Gasteiger partial charge < -0.3 is 26.2 Å². The van der Waals surface area contributed by atoms with Crippen LogP contribution in [0.25, 0.3) is 0 Å². The average molecular weight is 717 g/mol. The number of aliphatic hydroxyl groups is 1. The minimum absolute atomic E-state index is 0.101. The Kier molecular flexibility index (Phi) is 16.1. The van der Waals surface area contributed by atoms with Crippen molar-refractivity contribution in [2.24, 2.45) is 5.92 Å². The number of alkyl carbamates (subject to hydrolysis) is 1. The summed E-state index contributed by atoms with van der Waals surface area (Å²) in [6, 6.07) is 21.0. The van der Waals surface area contributed by atoms with Crippen LogP contribution < -0.4 is 16.4 Å². The Balaban J connectivity index is 1.97. The molecule has 0 saturated carbocycles. The number of hydrogen-bond donors (Lipinski definition) is 4. The molecule has 0 saturated heterocycles. The van der Waals surface area contributed by atoms with E-state index in [9.17, 15) is 23.1 Å². The second-order valence-corrected chi connectivity index (χ2v) is 14.5. The van der Waals surface area contributed by atoms with Crippen LogP contribution in [0, 0.1) is 5.92 Å². The van der Waals surface area contributed by atoms with Crippen LogP contribution in [0.15, 0.2) is 120 Å². The molecular formula is C40H52N4O6S. The summed E-state index contributed by atoms with van der Waals surface area (Å²) in [6.07, 6.45) is 8.30. The van der Waals surface area contributed by atoms with Crippen LogP contribution in [0.3, 0.4) is 0 Å². The highest BCUT2D eigenvalue weighted by Crippen LogP contribution is 2.32. The van der Waals surface area contributed by atoms with E-state index in [4.69, 9.17) is 10.5 Å². The largest absolute Gasteiger partial charge is 0.453 e. The Labute approximate surface area is 303 Å². The minimum Gasteiger partial charge on any atom is -0.453 e. The molecule has 3 atom stereocenters. The number of sulfonamides is 1. The van der Waals surface area contributed by atoms with E-state index in [2.05, 4.69) is 17.2 Å². The molecule has 0 aliphatic carbocycles. The number of nitrogens with two attached hydrogens (primary N) is 1. The van der Waals surface area contributed by atoms with Gasteiger partial charge in [-0.3, -0.25) is 4.79 Å². The van der Waals surface area contributed by atoms with Gasteiger partial charge in [0.1, 0.15) is 6.04 Å². The highest BCUT2D eigenvalue weighted by atomic mass is 32.2. The number of aliphatic hydroxyl groups excluding tert-OH is 1. The van der Waals surface area contributed by atoms with Crippen LogP contribution in [0.4, 0.5) is 16.2 Å². The van der Waals surface area contributed by atoms with Gasteiger partial charge in [-0.2, -0.15) is 4.31 Å². The molecule has 3 unspecified atom stereocenters. The second-order valence-electron chi connectivity index (χ2n) is 12.6. The summed E-state index contributed by atoms with van der Waals surface area (Å²) in [4.78, 5) is 27.0. The number of allylic oxidation sites excluding steroid dienone is 4. The molecule has 0 spiro atoms. The van der Waals surface area contributed by atoms with Gasteiger partial charge in [0.15, 0.2) is 0 Å². The first-order valence-corrected chi connectivity index (χ1v) is 18.6. The van der Waals surface area contributed by atoms with Gasteiger partial charge in [-0.25, -0.2) is 13.2 Å². The summed E-state index contributed by atoms with van der Waals surface area (Å²) in [5.74, 6) is -0.766. The molecule has 0 radical (unpaired) electrons. The highest BCUT2D eigenvalue weighted by Gasteiger charge is 2.34. The first-order valence-electron chi connectivity index (χ1n) is 17.2. The molecule has 3 aromatic carbocycles. The predicted octanol–water partition coefficient (Wildman–Crippen LogP) is 6.82. The summed E-state index contributed by atoms with van der Waals surface area (Å²) < 4.78 is 34.1. The third-order valence-electron chi connectivity index (χ3n) is 8.65. The zero-order valence-electron chi connectivity index (χ0n) is 30.0. The van der Waals surface area contributed by atoms with Crippen molar-refractivity contribution in [2.45, 2.75) is 69.4 Å². The molecule has 0 fully saturated rings. The Morgan fingerprint density at radius 3 is 2.25 bits per heavy atom. The van der Waals surface area contributed by atoms with Gasteiger partial charge in [0.05, 0.1) is 18.6 Å². The number of nitrogen functional groups attached to an aromatic ring is 1. The molecule has 2 amide bonds. The van der Waals surface area contributed by atoms with Gasteiger partial charge in [-0.1, -0.05) is 106 Å². The van der Waals surface area contributed by atoms with E-state index in [1.54, 1.807) is 36.4 Å². The third kappa shape index (κ3) is 11.7. The first kappa shape index (κ1) is 40.7. The lowest BCUT2D eigenvalue weighted by atomic mass is 9.82. The number of benzene rings is 3. The van der Waals surface area contributed by atoms with Gasteiger partial charge in [-0.15, -0.1) is 0 Å². The molecule has 51 heavy (non-hydrogen) atoms. The van der Waals surface area contributed by atoms with E-state index in [0.717, 1.165) is 16.7 Å². The van der Waals surface area contributed by atoms with Gasteiger partial charge in [0.25, 0.3) is 0 Å². The molecule has 3 rings (SSSR count). The monoisotopic (exact) mass is 716 g/mol. The molecule has 5 N–H and O–H groups in total. The first-order chi connectivity index (χ1) is 24.5. The molecular weight excluding hydrogens is 665 g/mol. The van der Waals surface area contributed by atoms with Crippen LogP contribution in [-0.2, 0) is 26.0 Å². The predicted molar refractivity (Wildman–Crippen MR) is 205 cm³/mol. The summed E-state index contributed by atoms with van der Waals surface area (Å²) in [5, 5.41) is 16.4. The number of rotatable bonds is 19. The zero-order valence-corrected chi connectivity index (χ0v) is 30.8. The molecule has 0 aliphatic heterocycles. The SMILES string of the molecule is C=CC=CC=C(CC)C(c1ccccc1)C(NC(=O)OC)C(=O)Nc1ccccc1CCC(CO)N(CCC(C)C)S(=O)(=O)c1ccc(N)cc1. The molecule has 10 nitrogen and oxygen atoms in total. The highest BCUT2D eigenvalue weighted by molar-refractivity contribution is 7.89. The number of para-hydroxylation sites is 1. The number of ether oxygens (including phenoxy) is 1. The fourth-order valence-electron chi connectivity index (χ4n) is 5.85. The van der Waals surface area contributed by atoms with Crippen LogP contribution in [0.5, 0.6) is 0 Å². The lowest BCUT2D eigenvalue weighted by Crippen LogP contribution is -2.48. The van der Waals surface area contributed by atoms with Crippen LogP contribution in [0.1, 0.15) is 57.1 Å². The Bertz CT molecular complexity index is 1740. The fraction of sp³-hybridized carbons (Fsp3) is 0.350. The molecule has 11 heteroatoms. The zero-order chi connectivity index (χ0) is 37.4. The molecule has 0 aliphatic rings. The maximum Gasteiger partial charge on any atom is 0.407 e. The quantitative estimate of drug-likeness (QED) is 0.0785. The van der Waals surface area contributed by atoms with Crippen molar-refractivity contribution < 1.29 is 27.9 Å². The molecule has 3 aromatic rings. The van der Waals surface area contributed by atoms with Crippen molar-refractivity contribution in [1.82, 2.24) is 9.62 Å². The number of carbonyl (C=O) groups is 2. The van der Waals surface area contributed by atoms with Gasteiger partial charge in [0.2, 0.25) is 15.9 Å². The number of anilines is 2. The standard InChI is InChI=1S/C40H52N4O6S/c1-6-8-10-15-30(7-2)37(32-17-11-9-12-18-32)38(43-40(47)50-5)39(46)42-36-19-14-13-16-31(36)20-23-34(28-45)44(27-26-29(3)4)51(48,49)35-24-21-33(41)22-25-35/h6,8-19,21-22,24-25,29,34,37-38,45H,1,7,20,23,26-28,41H2,2-5H3,(H,42,46)(H,43,47). The summed E-state index contributed by atoms with van der Waals surface area (Å²) in [5.41, 5.74) is 9.25. The number of methoxy groups -OCH3 is 1. The molecule has 0 heterocycles. The van der Waals surface area contributed by atoms with Crippen molar-refractivity contribution in [3.63, 3.8) is 0 Å². The summed E-state index contributed by atoms with van der Waals surface area (Å²) >= 11 is 0. The lowest BCUT2D eigenvalue weighted by Gasteiger charge is -2.31. The van der Waals surface area contributed by atoms with Gasteiger partial charge in [-0.05, 0) is 73.1 Å². The van der Waals surface area contributed by atoms with Crippen molar-refractivity contribution in [3.8, 4) is 0 Å². The number of hydrogen-bond acceptors (Lipinski definition) is 7. The van der Waals surface area contributed by atoms with E-state index < -0.39 is 46.6 Å². The Morgan fingerprint density at radius 1 is 0.980 bits per heavy atom. The Hall–Kier alpha value is -4.71. The van der Waals surface area contributed by atoms with Crippen LogP contribution in [0.2, 0.25) is 0 Å². The maximum atomic E-state index is 14.3. The minimum atomic E-state index is -3.96. The number of carbonyl (C=O) groups excluding carboxylic acids is 2. The maximum absolute atomic E-state index is 14.3. The average Bonchev–Trinajstić information content (AvgIpc) is 3.12. The van der Waals surface area contributed by atoms with Gasteiger partial charge in [0, 0.05) is 29.9 Å². The number of amides is 2. The van der Waals surface area contributed by atoms with Crippen molar-refractivity contribution in [1.29, 1.82) is 0 Å². The van der Waals surface area contributed by atoms with Crippen LogP contribution >= 0.6 is 0 Å². The third-order valence-corrected chi connectivity index (χ3v) is 10.6.